The van der Waals surface area contributed by atoms with Crippen molar-refractivity contribution in [1.82, 2.24) is 0 Å². The molecule has 1 N–H and O–H groups in total. The maximum atomic E-state index is 7.57. The molecule has 0 atom stereocenters. The van der Waals surface area contributed by atoms with Gasteiger partial charge in [0.15, 0.2) is 0 Å². The summed E-state index contributed by atoms with van der Waals surface area (Å²) in [5.41, 5.74) is 0. The molecule has 0 saturated carbocycles. The van der Waals surface area contributed by atoms with E-state index in [1.165, 1.54) is 0 Å². The van der Waals surface area contributed by atoms with Crippen LogP contribution in [0.4, 0.5) is 0 Å². The molecule has 0 spiro atoms. The molecule has 1 nitrogen and oxygen atoms in total. The average molecular weight is 91.0 g/mol. The van der Waals surface area contributed by atoms with Gasteiger partial charge >= 0.3 is 0 Å². The molecule has 0 heterocycles. The molecule has 0 aromatic heterocycles. The molecule has 0 rings (SSSR count). The van der Waals surface area contributed by atoms with Gasteiger partial charge in [0.2, 0.25) is 0 Å². The van der Waals surface area contributed by atoms with E-state index in [9.17, 15) is 0 Å². The van der Waals surface area contributed by atoms with Gasteiger partial charge in [-0.25, -0.2) is 0 Å². The van der Waals surface area contributed by atoms with Crippen LogP contribution in [0.1, 0.15) is 6.92 Å². The van der Waals surface area contributed by atoms with Gasteiger partial charge in [0.05, 0.1) is 0 Å². The van der Waals surface area contributed by atoms with E-state index in [2.05, 4.69) is 0 Å². The van der Waals surface area contributed by atoms with Gasteiger partial charge in [-0.3, -0.25) is 0 Å². The molecular weight excluding hydrogens is 82.9 g/mol. The van der Waals surface area contributed by atoms with Gasteiger partial charge in [0.1, 0.15) is 0 Å². The average Bonchev–Trinajstić information content (AvgIpc) is 0.918. The third-order valence-corrected chi connectivity index (χ3v) is 0. The van der Waals surface area contributed by atoms with Crippen LogP contribution in [0.25, 0.3) is 0 Å². The molecule has 31 valence electrons. The molecular formula is C2H8BOS. The Hall–Kier alpha value is 0.375. The Morgan fingerprint density at radius 1 is 1.60 bits per heavy atom. The number of hydrogen-bond donors (Lipinski definition) is 1. The Bertz CT molecular complexity index is 9.61. The summed E-state index contributed by atoms with van der Waals surface area (Å²) in [5, 5.41) is 7.57. The van der Waals surface area contributed by atoms with E-state index in [1.807, 2.05) is 0 Å². The fourth-order valence-corrected chi connectivity index (χ4v) is 0. The summed E-state index contributed by atoms with van der Waals surface area (Å²) < 4.78 is 0. The molecule has 0 aliphatic carbocycles. The second-order valence-corrected chi connectivity index (χ2v) is 0.316. The van der Waals surface area contributed by atoms with Gasteiger partial charge in [-0.1, -0.05) is 0 Å². The van der Waals surface area contributed by atoms with Crippen LogP contribution in [-0.2, 0) is 0 Å². The third-order valence-electron chi connectivity index (χ3n) is 0. The van der Waals surface area contributed by atoms with Crippen LogP contribution in [-0.4, -0.2) is 20.1 Å². The van der Waals surface area contributed by atoms with Crippen molar-refractivity contribution < 1.29 is 5.11 Å². The Morgan fingerprint density at radius 2 is 1.60 bits per heavy atom. The first-order valence-corrected chi connectivity index (χ1v) is 1.02. The Balaban J connectivity index is -0.0000000200. The van der Waals surface area contributed by atoms with E-state index in [0.29, 0.717) is 0 Å². The lowest BCUT2D eigenvalue weighted by Crippen LogP contribution is -1.57. The van der Waals surface area contributed by atoms with Crippen molar-refractivity contribution in [2.45, 2.75) is 6.92 Å². The first kappa shape index (κ1) is 18.2. The Kier molecular flexibility index (Phi) is 96.2. The molecule has 0 aromatic rings. The van der Waals surface area contributed by atoms with Gasteiger partial charge in [0.25, 0.3) is 0 Å². The van der Waals surface area contributed by atoms with Crippen molar-refractivity contribution in [3.05, 3.63) is 0 Å². The molecule has 0 bridgehead atoms. The van der Waals surface area contributed by atoms with Gasteiger partial charge in [-0.05, 0) is 6.92 Å². The number of aliphatic hydroxyl groups is 1. The summed E-state index contributed by atoms with van der Waals surface area (Å²) in [7, 11) is 0. The second kappa shape index (κ2) is 26.4. The van der Waals surface area contributed by atoms with Crippen LogP contribution in [0.15, 0.2) is 0 Å². The van der Waals surface area contributed by atoms with E-state index in [4.69, 9.17) is 5.11 Å². The third kappa shape index (κ3) is 176. The molecule has 0 aromatic carbocycles. The largest absolute Gasteiger partial charge is 0.397 e. The number of aliphatic hydroxyl groups excluding tert-OH is 1. The van der Waals surface area contributed by atoms with Crippen molar-refractivity contribution in [2.24, 2.45) is 0 Å². The highest BCUT2D eigenvalue weighted by Gasteiger charge is 1.34. The molecule has 0 unspecified atom stereocenters. The predicted molar refractivity (Wildman–Crippen MR) is 28.9 cm³/mol. The fraction of sp³-hybridized carbons (Fsp3) is 1.00. The highest BCUT2D eigenvalue weighted by molar-refractivity contribution is 7.59. The Labute approximate surface area is 41.4 Å². The molecule has 5 heavy (non-hydrogen) atoms. The van der Waals surface area contributed by atoms with E-state index in [0.717, 1.165) is 0 Å². The van der Waals surface area contributed by atoms with Gasteiger partial charge in [-0.2, -0.15) is 13.5 Å². The Morgan fingerprint density at radius 3 is 1.60 bits per heavy atom. The van der Waals surface area contributed by atoms with Gasteiger partial charge in [0, 0.05) is 15.0 Å². The summed E-state index contributed by atoms with van der Waals surface area (Å²) in [5.74, 6) is 0. The zero-order valence-corrected chi connectivity index (χ0v) is 4.23. The maximum Gasteiger partial charge on any atom is 0.0402 e. The fourth-order valence-electron chi connectivity index (χ4n) is 0. The molecule has 3 heteroatoms. The summed E-state index contributed by atoms with van der Waals surface area (Å²) >= 11 is 0. The van der Waals surface area contributed by atoms with Crippen molar-refractivity contribution in [3.63, 3.8) is 0 Å². The SMILES string of the molecule is CCO.S.[B]. The normalized spacial score (nSPS) is 3.60. The van der Waals surface area contributed by atoms with E-state index >= 15 is 0 Å². The first-order valence-electron chi connectivity index (χ1n) is 1.02. The lowest BCUT2D eigenvalue weighted by molar-refractivity contribution is 0.318. The smallest absolute Gasteiger partial charge is 0.0402 e. The van der Waals surface area contributed by atoms with Gasteiger partial charge < -0.3 is 5.11 Å². The minimum absolute atomic E-state index is 0. The minimum atomic E-state index is 0. The van der Waals surface area contributed by atoms with Crippen molar-refractivity contribution in [3.8, 4) is 0 Å². The van der Waals surface area contributed by atoms with E-state index < -0.39 is 0 Å². The molecule has 0 saturated heterocycles. The number of hydrogen-bond acceptors (Lipinski definition) is 1. The van der Waals surface area contributed by atoms with Crippen molar-refractivity contribution in [1.29, 1.82) is 0 Å². The van der Waals surface area contributed by atoms with Crippen molar-refractivity contribution in [2.75, 3.05) is 6.61 Å². The van der Waals surface area contributed by atoms with E-state index in [-0.39, 0.29) is 28.5 Å². The van der Waals surface area contributed by atoms with E-state index in [1.54, 1.807) is 6.92 Å². The zero-order chi connectivity index (χ0) is 2.71. The summed E-state index contributed by atoms with van der Waals surface area (Å²) in [6.45, 7) is 1.93. The highest BCUT2D eigenvalue weighted by Crippen LogP contribution is 1.30. The maximum absolute atomic E-state index is 7.57. The predicted octanol–water partition coefficient (Wildman–Crippen LogP) is -0.269. The molecule has 0 aliphatic heterocycles. The quantitative estimate of drug-likeness (QED) is 0.407. The molecule has 0 amide bonds. The lowest BCUT2D eigenvalue weighted by atomic mass is 10.8. The van der Waals surface area contributed by atoms with Crippen LogP contribution in [0.5, 0.6) is 0 Å². The molecule has 0 aliphatic rings. The lowest BCUT2D eigenvalue weighted by Gasteiger charge is -1.52. The topological polar surface area (TPSA) is 20.2 Å². The molecule has 3 radical (unpaired) electrons. The second-order valence-electron chi connectivity index (χ2n) is 0.316. The van der Waals surface area contributed by atoms with Crippen molar-refractivity contribution >= 4 is 21.9 Å². The standard InChI is InChI=1S/C2H6O.B.H2S/c1-2-3;;/h3H,2H2,1H3;;1H2. The van der Waals surface area contributed by atoms with Crippen LogP contribution >= 0.6 is 13.5 Å². The first-order chi connectivity index (χ1) is 1.41. The van der Waals surface area contributed by atoms with Gasteiger partial charge in [-0.15, -0.1) is 0 Å². The highest BCUT2D eigenvalue weighted by atomic mass is 32.1. The van der Waals surface area contributed by atoms with Crippen LogP contribution in [0.2, 0.25) is 0 Å². The minimum Gasteiger partial charge on any atom is -0.397 e. The zero-order valence-electron chi connectivity index (χ0n) is 3.23. The summed E-state index contributed by atoms with van der Waals surface area (Å²) in [6.07, 6.45) is 0. The number of rotatable bonds is 0. The van der Waals surface area contributed by atoms with Crippen LogP contribution in [0.3, 0.4) is 0 Å². The summed E-state index contributed by atoms with van der Waals surface area (Å²) in [4.78, 5) is 0. The van der Waals surface area contributed by atoms with Crippen LogP contribution in [0, 0.1) is 0 Å². The molecule has 0 fully saturated rings. The monoisotopic (exact) mass is 91.0 g/mol. The van der Waals surface area contributed by atoms with Crippen LogP contribution < -0.4 is 0 Å². The summed E-state index contributed by atoms with van der Waals surface area (Å²) in [6, 6.07) is 0.